The first-order chi connectivity index (χ1) is 25.2. The summed E-state index contributed by atoms with van der Waals surface area (Å²) in [6, 6.07) is 34.7. The number of hydrogen-bond acceptors (Lipinski definition) is 4. The topological polar surface area (TPSA) is 109 Å². The van der Waals surface area contributed by atoms with Gasteiger partial charge in [0.1, 0.15) is 21.3 Å². The SMILES string of the molecule is CCC(C)CS(=O)(O)(O)c1cccc(C(=O)c2cc(-c3ccc(C(=O)c4ccc(F)cc4)cc3)ccc2-c2ccc(C(=O)c3ccc(F)cc3)cc2)c1. The second-order valence-corrected chi connectivity index (χ2v) is 16.0. The Kier molecular flexibility index (Phi) is 10.3. The normalized spacial score (nSPS) is 12.8. The molecule has 0 bridgehead atoms. The highest BCUT2D eigenvalue weighted by Crippen LogP contribution is 2.35. The molecule has 6 aromatic carbocycles. The zero-order valence-corrected chi connectivity index (χ0v) is 29.8. The van der Waals surface area contributed by atoms with Crippen LogP contribution in [0.5, 0.6) is 0 Å². The van der Waals surface area contributed by atoms with Crippen LogP contribution < -0.4 is 0 Å². The number of hydrogen-bond donors (Lipinski definition) is 2. The van der Waals surface area contributed by atoms with Gasteiger partial charge in [0, 0.05) is 33.4 Å². The van der Waals surface area contributed by atoms with Crippen LogP contribution in [0.4, 0.5) is 8.78 Å². The lowest BCUT2D eigenvalue weighted by atomic mass is 9.89. The van der Waals surface area contributed by atoms with Gasteiger partial charge in [0.15, 0.2) is 17.3 Å². The van der Waals surface area contributed by atoms with Crippen molar-refractivity contribution in [2.45, 2.75) is 25.2 Å². The van der Waals surface area contributed by atoms with Crippen molar-refractivity contribution < 1.29 is 36.5 Å². The molecular weight excluding hydrogens is 695 g/mol. The largest absolute Gasteiger partial charge is 0.304 e. The molecule has 9 heteroatoms. The average molecular weight is 731 g/mol. The molecule has 53 heavy (non-hydrogen) atoms. The van der Waals surface area contributed by atoms with Crippen molar-refractivity contribution in [2.75, 3.05) is 5.75 Å². The summed E-state index contributed by atoms with van der Waals surface area (Å²) in [5, 5.41) is 0. The Labute approximate surface area is 306 Å². The number of carbonyl (C=O) groups is 3. The Bertz CT molecular complexity index is 2400. The van der Waals surface area contributed by atoms with Crippen LogP contribution in [0, 0.1) is 17.6 Å². The maximum atomic E-state index is 14.4. The van der Waals surface area contributed by atoms with Crippen LogP contribution in [0.1, 0.15) is 68.0 Å². The Morgan fingerprint density at radius 1 is 0.566 bits per heavy atom. The molecule has 2 N–H and O–H groups in total. The fourth-order valence-electron chi connectivity index (χ4n) is 6.09. The molecule has 0 saturated carbocycles. The first-order valence-corrected chi connectivity index (χ1v) is 19.0. The van der Waals surface area contributed by atoms with Crippen LogP contribution in [-0.4, -0.2) is 36.4 Å². The maximum Gasteiger partial charge on any atom is 0.193 e. The lowest BCUT2D eigenvalue weighted by molar-refractivity contribution is 0.103. The van der Waals surface area contributed by atoms with E-state index in [1.807, 2.05) is 13.0 Å². The Hall–Kier alpha value is -5.74. The Balaban J connectivity index is 1.40. The summed E-state index contributed by atoms with van der Waals surface area (Å²) in [7, 11) is -5.27. The number of halogens is 2. The molecule has 6 nitrogen and oxygen atoms in total. The lowest BCUT2D eigenvalue weighted by Gasteiger charge is -2.33. The van der Waals surface area contributed by atoms with E-state index in [1.165, 1.54) is 72.8 Å². The van der Waals surface area contributed by atoms with Crippen molar-refractivity contribution in [3.05, 3.63) is 185 Å². The van der Waals surface area contributed by atoms with Crippen LogP contribution in [-0.2, 0) is 9.63 Å². The fraction of sp³-hybridized carbons (Fsp3) is 0.114. The fourth-order valence-corrected chi connectivity index (χ4v) is 8.26. The van der Waals surface area contributed by atoms with E-state index in [1.54, 1.807) is 67.6 Å². The van der Waals surface area contributed by atoms with Gasteiger partial charge in [-0.15, -0.1) is 0 Å². The number of carbonyl (C=O) groups excluding carboxylic acids is 3. The molecule has 0 aliphatic rings. The average Bonchev–Trinajstić information content (AvgIpc) is 3.17. The second-order valence-electron chi connectivity index (χ2n) is 13.1. The first-order valence-electron chi connectivity index (χ1n) is 17.0. The van der Waals surface area contributed by atoms with Gasteiger partial charge in [-0.1, -0.05) is 93.1 Å². The van der Waals surface area contributed by atoms with Gasteiger partial charge in [-0.25, -0.2) is 13.0 Å². The number of rotatable bonds is 12. The van der Waals surface area contributed by atoms with Gasteiger partial charge >= 0.3 is 0 Å². The predicted octanol–water partition coefficient (Wildman–Crippen LogP) is 10.2. The van der Waals surface area contributed by atoms with Crippen LogP contribution in [0.15, 0.2) is 144 Å². The molecule has 6 aromatic rings. The molecule has 0 aromatic heterocycles. The van der Waals surface area contributed by atoms with E-state index in [4.69, 9.17) is 0 Å². The second kappa shape index (κ2) is 14.7. The summed E-state index contributed by atoms with van der Waals surface area (Å²) in [5.41, 5.74) is 4.18. The molecule has 1 unspecified atom stereocenters. The molecule has 268 valence electrons. The molecule has 1 atom stereocenters. The Morgan fingerprint density at radius 2 is 1.02 bits per heavy atom. The quantitative estimate of drug-likeness (QED) is 0.121. The molecule has 0 aliphatic carbocycles. The summed E-state index contributed by atoms with van der Waals surface area (Å²) >= 11 is 0. The summed E-state index contributed by atoms with van der Waals surface area (Å²) < 4.78 is 62.3. The van der Waals surface area contributed by atoms with E-state index in [-0.39, 0.29) is 39.3 Å². The third kappa shape index (κ3) is 8.18. The minimum Gasteiger partial charge on any atom is -0.304 e. The predicted molar refractivity (Wildman–Crippen MR) is 203 cm³/mol. The van der Waals surface area contributed by atoms with Crippen LogP contribution in [0.25, 0.3) is 22.3 Å². The maximum absolute atomic E-state index is 14.4. The molecule has 0 aliphatic heterocycles. The Morgan fingerprint density at radius 3 is 1.51 bits per heavy atom. The van der Waals surface area contributed by atoms with Gasteiger partial charge in [-0.2, -0.15) is 0 Å². The minimum atomic E-state index is -5.27. The van der Waals surface area contributed by atoms with Crippen molar-refractivity contribution in [1.29, 1.82) is 0 Å². The van der Waals surface area contributed by atoms with Crippen LogP contribution in [0.2, 0.25) is 0 Å². The molecule has 0 heterocycles. The van der Waals surface area contributed by atoms with E-state index in [2.05, 4.69) is 0 Å². The monoisotopic (exact) mass is 730 g/mol. The lowest BCUT2D eigenvalue weighted by Crippen LogP contribution is -2.38. The van der Waals surface area contributed by atoms with Gasteiger partial charge < -0.3 is 9.11 Å². The number of ketones is 3. The van der Waals surface area contributed by atoms with Crippen molar-refractivity contribution >= 4 is 27.0 Å². The minimum absolute atomic E-state index is 0.0790. The first kappa shape index (κ1) is 37.0. The van der Waals surface area contributed by atoms with Crippen molar-refractivity contribution in [2.24, 2.45) is 5.92 Å². The summed E-state index contributed by atoms with van der Waals surface area (Å²) in [6.45, 7) is 3.61. The van der Waals surface area contributed by atoms with E-state index >= 15 is 0 Å². The summed E-state index contributed by atoms with van der Waals surface area (Å²) in [5.74, 6) is -2.60. The van der Waals surface area contributed by atoms with Crippen molar-refractivity contribution in [3.8, 4) is 22.3 Å². The molecule has 0 radical (unpaired) electrons. The molecule has 0 spiro atoms. The van der Waals surface area contributed by atoms with E-state index < -0.39 is 27.0 Å². The molecule has 0 amide bonds. The summed E-state index contributed by atoms with van der Waals surface area (Å²) in [6.07, 6.45) is 0.570. The van der Waals surface area contributed by atoms with Crippen molar-refractivity contribution in [3.63, 3.8) is 0 Å². The smallest absolute Gasteiger partial charge is 0.193 e. The van der Waals surface area contributed by atoms with Gasteiger partial charge in [0.05, 0.1) is 10.6 Å². The number of benzene rings is 6. The molecule has 0 fully saturated rings. The summed E-state index contributed by atoms with van der Waals surface area (Å²) in [4.78, 5) is 40.2. The highest BCUT2D eigenvalue weighted by molar-refractivity contribution is 8.10. The van der Waals surface area contributed by atoms with E-state index in [0.717, 1.165) is 0 Å². The molecule has 6 rings (SSSR count). The van der Waals surface area contributed by atoms with Crippen LogP contribution >= 0.6 is 0 Å². The van der Waals surface area contributed by atoms with Gasteiger partial charge in [0.2, 0.25) is 0 Å². The van der Waals surface area contributed by atoms with E-state index in [9.17, 15) is 36.5 Å². The van der Waals surface area contributed by atoms with E-state index in [0.29, 0.717) is 50.9 Å². The highest BCUT2D eigenvalue weighted by Gasteiger charge is 2.35. The molecular formula is C44H36F2O6S. The van der Waals surface area contributed by atoms with Gasteiger partial charge in [0.25, 0.3) is 0 Å². The zero-order chi connectivity index (χ0) is 37.9. The molecule has 0 saturated heterocycles. The van der Waals surface area contributed by atoms with Gasteiger partial charge in [-0.3, -0.25) is 14.4 Å². The third-order valence-electron chi connectivity index (χ3n) is 9.27. The van der Waals surface area contributed by atoms with Gasteiger partial charge in [-0.05, 0) is 94.9 Å². The van der Waals surface area contributed by atoms with Crippen molar-refractivity contribution in [1.82, 2.24) is 0 Å². The third-order valence-corrected chi connectivity index (χ3v) is 11.6. The van der Waals surface area contributed by atoms with Crippen LogP contribution in [0.3, 0.4) is 0 Å². The highest BCUT2D eigenvalue weighted by atomic mass is 32.3. The standard InChI is InChI=1S/C44H36F2O6S/c1-3-28(2)27-53(50,51,52)39-6-4-5-36(25-39)44(49)41-26-35(29-7-11-31(12-8-29)42(47)33-15-20-37(45)21-16-33)19-24-40(41)30-9-13-32(14-10-30)43(48)34-17-22-38(46)23-18-34/h4-26,28H,3,27H2,1-2H3,(H2,50,51,52). The zero-order valence-electron chi connectivity index (χ0n) is 29.0.